The van der Waals surface area contributed by atoms with Gasteiger partial charge in [0, 0.05) is 16.8 Å². The Morgan fingerprint density at radius 2 is 2.17 bits per heavy atom. The second-order valence-corrected chi connectivity index (χ2v) is 9.29. The van der Waals surface area contributed by atoms with Gasteiger partial charge in [0.05, 0.1) is 19.4 Å². The number of amides is 1. The Morgan fingerprint density at radius 3 is 2.87 bits per heavy atom. The Morgan fingerprint density at radius 1 is 1.35 bits per heavy atom. The van der Waals surface area contributed by atoms with E-state index in [9.17, 15) is 4.79 Å². The lowest BCUT2D eigenvalue weighted by Gasteiger charge is -2.03. The van der Waals surface area contributed by atoms with Crippen LogP contribution < -0.4 is 4.80 Å². The summed E-state index contributed by atoms with van der Waals surface area (Å²) in [4.78, 5) is 18.0. The molecule has 0 unspecified atom stereocenters. The zero-order chi connectivity index (χ0) is 16.4. The third-order valence-corrected chi connectivity index (χ3v) is 6.49. The van der Waals surface area contributed by atoms with Gasteiger partial charge in [0.2, 0.25) is 0 Å². The summed E-state index contributed by atoms with van der Waals surface area (Å²) >= 11 is 13.9. The molecule has 120 valence electrons. The SMILES string of the molecule is CSCCn1c(=NC(=O)c2ccc(Cl)s2)sc2cc(Br)ccc21. The minimum Gasteiger partial charge on any atom is -0.316 e. The molecule has 0 aliphatic carbocycles. The first kappa shape index (κ1) is 17.2. The molecule has 0 aliphatic rings. The fourth-order valence-corrected chi connectivity index (χ4v) is 5.00. The molecule has 0 atom stereocenters. The highest BCUT2D eigenvalue weighted by Gasteiger charge is 2.11. The van der Waals surface area contributed by atoms with Gasteiger partial charge in [-0.15, -0.1) is 11.3 Å². The number of thioether (sulfide) groups is 1. The average Bonchev–Trinajstić information content (AvgIpc) is 3.08. The van der Waals surface area contributed by atoms with Crippen molar-refractivity contribution >= 4 is 78.1 Å². The number of hydrogen-bond donors (Lipinski definition) is 0. The summed E-state index contributed by atoms with van der Waals surface area (Å²) in [6.45, 7) is 0.820. The van der Waals surface area contributed by atoms with E-state index in [1.54, 1.807) is 23.9 Å². The van der Waals surface area contributed by atoms with Crippen LogP contribution in [-0.4, -0.2) is 22.5 Å². The maximum Gasteiger partial charge on any atom is 0.289 e. The van der Waals surface area contributed by atoms with Crippen LogP contribution in [0, 0.1) is 0 Å². The zero-order valence-electron chi connectivity index (χ0n) is 12.1. The number of halogens is 2. The lowest BCUT2D eigenvalue weighted by Crippen LogP contribution is -2.18. The molecule has 2 heterocycles. The average molecular weight is 448 g/mol. The van der Waals surface area contributed by atoms with Crippen LogP contribution in [0.15, 0.2) is 39.8 Å². The fraction of sp³-hybridized carbons (Fsp3) is 0.200. The van der Waals surface area contributed by atoms with E-state index in [0.717, 1.165) is 31.8 Å². The van der Waals surface area contributed by atoms with E-state index in [2.05, 4.69) is 43.9 Å². The Bertz CT molecular complexity index is 928. The van der Waals surface area contributed by atoms with Crippen LogP contribution >= 0.6 is 62.0 Å². The molecule has 3 nitrogen and oxygen atoms in total. The number of aryl methyl sites for hydroxylation is 1. The molecule has 23 heavy (non-hydrogen) atoms. The molecule has 8 heteroatoms. The Kier molecular flexibility index (Phi) is 5.64. The number of hydrogen-bond acceptors (Lipinski definition) is 4. The molecule has 1 aromatic carbocycles. The monoisotopic (exact) mass is 446 g/mol. The number of benzene rings is 1. The summed E-state index contributed by atoms with van der Waals surface area (Å²) < 4.78 is 4.83. The van der Waals surface area contributed by atoms with Gasteiger partial charge < -0.3 is 4.57 Å². The van der Waals surface area contributed by atoms with Gasteiger partial charge >= 0.3 is 0 Å². The predicted octanol–water partition coefficient (Wildman–Crippen LogP) is 5.28. The van der Waals surface area contributed by atoms with Crippen molar-refractivity contribution in [3.8, 4) is 0 Å². The van der Waals surface area contributed by atoms with E-state index < -0.39 is 0 Å². The Balaban J connectivity index is 2.11. The molecular weight excluding hydrogens is 436 g/mol. The molecular formula is C15H12BrClN2OS3. The first-order valence-electron chi connectivity index (χ1n) is 6.70. The fourth-order valence-electron chi connectivity index (χ4n) is 2.10. The molecule has 0 fully saturated rings. The number of nitrogens with zero attached hydrogens (tertiary/aromatic N) is 2. The van der Waals surface area contributed by atoms with Gasteiger partial charge in [0.1, 0.15) is 0 Å². The highest BCUT2D eigenvalue weighted by atomic mass is 79.9. The lowest BCUT2D eigenvalue weighted by molar-refractivity contribution is 0.100. The molecule has 0 aliphatic heterocycles. The van der Waals surface area contributed by atoms with Gasteiger partial charge in [0.25, 0.3) is 5.91 Å². The van der Waals surface area contributed by atoms with Crippen molar-refractivity contribution in [2.24, 2.45) is 4.99 Å². The third kappa shape index (κ3) is 3.91. The molecule has 2 aromatic heterocycles. The number of carbonyl (C=O) groups is 1. The minimum atomic E-state index is -0.245. The molecule has 3 rings (SSSR count). The molecule has 0 saturated heterocycles. The van der Waals surface area contributed by atoms with Gasteiger partial charge in [-0.2, -0.15) is 16.8 Å². The maximum absolute atomic E-state index is 12.4. The molecule has 0 N–H and O–H groups in total. The van der Waals surface area contributed by atoms with Gasteiger partial charge in [-0.25, -0.2) is 0 Å². The van der Waals surface area contributed by atoms with Crippen LogP contribution in [-0.2, 0) is 6.54 Å². The summed E-state index contributed by atoms with van der Waals surface area (Å²) in [5.74, 6) is 0.721. The van der Waals surface area contributed by atoms with E-state index in [1.807, 2.05) is 6.07 Å². The maximum atomic E-state index is 12.4. The van der Waals surface area contributed by atoms with E-state index in [1.165, 1.54) is 22.7 Å². The molecule has 0 saturated carbocycles. The second kappa shape index (κ2) is 7.53. The van der Waals surface area contributed by atoms with Gasteiger partial charge in [0.15, 0.2) is 4.80 Å². The van der Waals surface area contributed by atoms with Crippen LogP contribution in [0.2, 0.25) is 4.34 Å². The van der Waals surface area contributed by atoms with E-state index in [-0.39, 0.29) is 5.91 Å². The predicted molar refractivity (Wildman–Crippen MR) is 105 cm³/mol. The molecule has 3 aromatic rings. The second-order valence-electron chi connectivity index (χ2n) is 4.66. The van der Waals surface area contributed by atoms with Crippen LogP contribution in [0.25, 0.3) is 10.2 Å². The number of thiazole rings is 1. The topological polar surface area (TPSA) is 34.4 Å². The zero-order valence-corrected chi connectivity index (χ0v) is 16.9. The largest absolute Gasteiger partial charge is 0.316 e. The number of fused-ring (bicyclic) bond motifs is 1. The van der Waals surface area contributed by atoms with Crippen molar-refractivity contribution in [1.29, 1.82) is 0 Å². The van der Waals surface area contributed by atoms with Gasteiger partial charge in [-0.3, -0.25) is 4.79 Å². The standard InChI is InChI=1S/C15H12BrClN2OS3/c1-21-7-6-19-10-3-2-9(16)8-12(10)23-15(19)18-14(20)11-4-5-13(17)22-11/h2-5,8H,6-7H2,1H3. The quantitative estimate of drug-likeness (QED) is 0.545. The lowest BCUT2D eigenvalue weighted by atomic mass is 10.3. The van der Waals surface area contributed by atoms with E-state index in [4.69, 9.17) is 11.6 Å². The van der Waals surface area contributed by atoms with Crippen LogP contribution in [0.1, 0.15) is 9.67 Å². The van der Waals surface area contributed by atoms with Gasteiger partial charge in [-0.1, -0.05) is 38.9 Å². The van der Waals surface area contributed by atoms with Crippen molar-refractivity contribution in [2.45, 2.75) is 6.54 Å². The van der Waals surface area contributed by atoms with E-state index in [0.29, 0.717) is 9.21 Å². The van der Waals surface area contributed by atoms with Crippen LogP contribution in [0.3, 0.4) is 0 Å². The van der Waals surface area contributed by atoms with Crippen molar-refractivity contribution in [1.82, 2.24) is 4.57 Å². The van der Waals surface area contributed by atoms with Gasteiger partial charge in [-0.05, 0) is 36.6 Å². The molecule has 1 amide bonds. The minimum absolute atomic E-state index is 0.245. The normalized spacial score (nSPS) is 12.2. The number of aromatic nitrogens is 1. The van der Waals surface area contributed by atoms with Crippen molar-refractivity contribution in [3.05, 3.63) is 48.8 Å². The highest BCUT2D eigenvalue weighted by Crippen LogP contribution is 2.24. The third-order valence-electron chi connectivity index (χ3n) is 3.14. The summed E-state index contributed by atoms with van der Waals surface area (Å²) in [7, 11) is 0. The number of thiophene rings is 1. The van der Waals surface area contributed by atoms with E-state index >= 15 is 0 Å². The summed E-state index contributed by atoms with van der Waals surface area (Å²) in [6.07, 6.45) is 2.07. The number of rotatable bonds is 4. The Hall–Kier alpha value is -0.600. The van der Waals surface area contributed by atoms with Crippen molar-refractivity contribution in [2.75, 3.05) is 12.0 Å². The summed E-state index contributed by atoms with van der Waals surface area (Å²) in [5.41, 5.74) is 1.10. The van der Waals surface area contributed by atoms with Crippen molar-refractivity contribution < 1.29 is 4.79 Å². The Labute approximate surface area is 159 Å². The highest BCUT2D eigenvalue weighted by molar-refractivity contribution is 9.10. The molecule has 0 radical (unpaired) electrons. The summed E-state index contributed by atoms with van der Waals surface area (Å²) in [6, 6.07) is 9.56. The molecule has 0 spiro atoms. The van der Waals surface area contributed by atoms with Crippen LogP contribution in [0.4, 0.5) is 0 Å². The molecule has 0 bridgehead atoms. The first-order chi connectivity index (χ1) is 11.1. The smallest absolute Gasteiger partial charge is 0.289 e. The van der Waals surface area contributed by atoms with Crippen LogP contribution in [0.5, 0.6) is 0 Å². The van der Waals surface area contributed by atoms with Crippen molar-refractivity contribution in [3.63, 3.8) is 0 Å². The number of carbonyl (C=O) groups excluding carboxylic acids is 1. The summed E-state index contributed by atoms with van der Waals surface area (Å²) in [5, 5.41) is 0. The first-order valence-corrected chi connectivity index (χ1v) is 10.9.